The van der Waals surface area contributed by atoms with Crippen LogP contribution in [0.3, 0.4) is 0 Å². The highest BCUT2D eigenvalue weighted by Crippen LogP contribution is 2.29. The number of nitrogens with one attached hydrogen (secondary N) is 1. The summed E-state index contributed by atoms with van der Waals surface area (Å²) in [6.45, 7) is 6.28. The minimum absolute atomic E-state index is 0.212. The summed E-state index contributed by atoms with van der Waals surface area (Å²) in [5, 5.41) is 2.77. The second kappa shape index (κ2) is 6.50. The molecule has 2 aliphatic rings. The van der Waals surface area contributed by atoms with Crippen LogP contribution in [0, 0.1) is 5.92 Å². The van der Waals surface area contributed by atoms with Crippen molar-refractivity contribution in [2.45, 2.75) is 45.6 Å². The average Bonchev–Trinajstić information content (AvgIpc) is 3.08. The fourth-order valence-electron chi connectivity index (χ4n) is 3.46. The van der Waals surface area contributed by atoms with Gasteiger partial charge in [0.25, 0.3) is 5.91 Å². The van der Waals surface area contributed by atoms with E-state index in [4.69, 9.17) is 0 Å². The van der Waals surface area contributed by atoms with E-state index in [-0.39, 0.29) is 18.4 Å². The molecule has 0 bridgehead atoms. The third-order valence-electron chi connectivity index (χ3n) is 5.05. The van der Waals surface area contributed by atoms with Crippen molar-refractivity contribution in [3.8, 4) is 0 Å². The van der Waals surface area contributed by atoms with Gasteiger partial charge in [0.05, 0.1) is 0 Å². The Labute approximate surface area is 148 Å². The maximum atomic E-state index is 12.7. The van der Waals surface area contributed by atoms with E-state index < -0.39 is 11.6 Å². The maximum Gasteiger partial charge on any atom is 0.325 e. The van der Waals surface area contributed by atoms with Crippen LogP contribution in [-0.2, 0) is 16.0 Å². The third-order valence-corrected chi connectivity index (χ3v) is 5.05. The van der Waals surface area contributed by atoms with Crippen molar-refractivity contribution in [2.75, 3.05) is 18.0 Å². The van der Waals surface area contributed by atoms with Crippen molar-refractivity contribution in [1.82, 2.24) is 10.2 Å². The van der Waals surface area contributed by atoms with Gasteiger partial charge in [-0.05, 0) is 43.7 Å². The monoisotopic (exact) mass is 343 g/mol. The minimum Gasteiger partial charge on any atom is -0.323 e. The van der Waals surface area contributed by atoms with Crippen LogP contribution in [0.4, 0.5) is 10.5 Å². The number of amides is 4. The number of rotatable bonds is 5. The average molecular weight is 343 g/mol. The molecule has 1 saturated heterocycles. The van der Waals surface area contributed by atoms with Crippen molar-refractivity contribution in [3.05, 3.63) is 29.8 Å². The van der Waals surface area contributed by atoms with Crippen molar-refractivity contribution in [3.63, 3.8) is 0 Å². The van der Waals surface area contributed by atoms with Gasteiger partial charge >= 0.3 is 6.03 Å². The van der Waals surface area contributed by atoms with Gasteiger partial charge in [-0.2, -0.15) is 0 Å². The van der Waals surface area contributed by atoms with Crippen LogP contribution in [0.5, 0.6) is 0 Å². The molecule has 6 heteroatoms. The van der Waals surface area contributed by atoms with E-state index in [0.717, 1.165) is 29.0 Å². The third kappa shape index (κ3) is 3.25. The number of fused-ring (bicyclic) bond motifs is 1. The number of carbonyl (C=O) groups is 3. The lowest BCUT2D eigenvalue weighted by Crippen LogP contribution is -2.45. The van der Waals surface area contributed by atoms with Gasteiger partial charge in [0.2, 0.25) is 5.91 Å². The molecule has 0 aromatic heterocycles. The highest BCUT2D eigenvalue weighted by molar-refractivity contribution is 6.10. The summed E-state index contributed by atoms with van der Waals surface area (Å²) in [7, 11) is 0. The van der Waals surface area contributed by atoms with Gasteiger partial charge < -0.3 is 10.2 Å². The Morgan fingerprint density at radius 3 is 2.72 bits per heavy atom. The van der Waals surface area contributed by atoms with Crippen LogP contribution < -0.4 is 10.2 Å². The summed E-state index contributed by atoms with van der Waals surface area (Å²) in [6, 6.07) is 7.26. The van der Waals surface area contributed by atoms with E-state index in [1.807, 2.05) is 24.3 Å². The molecule has 0 spiro atoms. The zero-order chi connectivity index (χ0) is 18.2. The molecule has 1 atom stereocenters. The fourth-order valence-corrected chi connectivity index (χ4v) is 3.46. The number of para-hydroxylation sites is 1. The Balaban J connectivity index is 1.70. The molecule has 0 aliphatic carbocycles. The Kier molecular flexibility index (Phi) is 4.54. The highest BCUT2D eigenvalue weighted by atomic mass is 16.2. The molecule has 0 radical (unpaired) electrons. The summed E-state index contributed by atoms with van der Waals surface area (Å²) in [6.07, 6.45) is 2.21. The lowest BCUT2D eigenvalue weighted by molar-refractivity contribution is -0.134. The van der Waals surface area contributed by atoms with Gasteiger partial charge in [0.1, 0.15) is 12.1 Å². The molecule has 6 nitrogen and oxygen atoms in total. The number of benzene rings is 1. The van der Waals surface area contributed by atoms with Crippen molar-refractivity contribution < 1.29 is 14.4 Å². The normalized spacial score (nSPS) is 22.6. The topological polar surface area (TPSA) is 69.7 Å². The first kappa shape index (κ1) is 17.5. The Morgan fingerprint density at radius 1 is 1.28 bits per heavy atom. The van der Waals surface area contributed by atoms with Crippen LogP contribution in [0.1, 0.15) is 39.2 Å². The summed E-state index contributed by atoms with van der Waals surface area (Å²) >= 11 is 0. The van der Waals surface area contributed by atoms with E-state index in [2.05, 4.69) is 19.2 Å². The van der Waals surface area contributed by atoms with E-state index in [9.17, 15) is 14.4 Å². The van der Waals surface area contributed by atoms with E-state index in [1.54, 1.807) is 11.8 Å². The summed E-state index contributed by atoms with van der Waals surface area (Å²) in [4.78, 5) is 40.4. The molecule has 2 aliphatic heterocycles. The fraction of sp³-hybridized carbons (Fsp3) is 0.526. The van der Waals surface area contributed by atoms with Crippen LogP contribution in [0.25, 0.3) is 0 Å². The molecule has 134 valence electrons. The number of carbonyl (C=O) groups excluding carboxylic acids is 3. The number of nitrogens with zero attached hydrogens (tertiary/aromatic N) is 2. The van der Waals surface area contributed by atoms with E-state index in [1.165, 1.54) is 0 Å². The van der Waals surface area contributed by atoms with Gasteiger partial charge in [-0.3, -0.25) is 14.5 Å². The molecule has 4 amide bonds. The summed E-state index contributed by atoms with van der Waals surface area (Å²) in [5.41, 5.74) is 1.09. The zero-order valence-electron chi connectivity index (χ0n) is 15.0. The molecular weight excluding hydrogens is 318 g/mol. The molecule has 1 fully saturated rings. The molecule has 25 heavy (non-hydrogen) atoms. The van der Waals surface area contributed by atoms with E-state index in [0.29, 0.717) is 18.9 Å². The number of anilines is 1. The maximum absolute atomic E-state index is 12.7. The number of hydrogen-bond donors (Lipinski definition) is 1. The molecule has 1 aromatic rings. The zero-order valence-corrected chi connectivity index (χ0v) is 15.0. The molecule has 0 unspecified atom stereocenters. The largest absolute Gasteiger partial charge is 0.325 e. The predicted octanol–water partition coefficient (Wildman–Crippen LogP) is 2.32. The number of hydrogen-bond acceptors (Lipinski definition) is 3. The Hall–Kier alpha value is -2.37. The van der Waals surface area contributed by atoms with Gasteiger partial charge in [0.15, 0.2) is 0 Å². The smallest absolute Gasteiger partial charge is 0.323 e. The molecule has 1 aromatic carbocycles. The van der Waals surface area contributed by atoms with Crippen LogP contribution in [-0.4, -0.2) is 41.4 Å². The van der Waals surface area contributed by atoms with Gasteiger partial charge in [-0.15, -0.1) is 0 Å². The first-order chi connectivity index (χ1) is 11.8. The molecule has 2 heterocycles. The van der Waals surface area contributed by atoms with Crippen molar-refractivity contribution in [1.29, 1.82) is 0 Å². The van der Waals surface area contributed by atoms with E-state index >= 15 is 0 Å². The number of urea groups is 1. The first-order valence-electron chi connectivity index (χ1n) is 8.84. The van der Waals surface area contributed by atoms with Crippen LogP contribution >= 0.6 is 0 Å². The standard InChI is InChI=1S/C19H25N3O3/c1-13(2)8-10-19(3)17(24)22(18(25)20-19)12-16(23)21-11-9-14-6-4-5-7-15(14)21/h4-7,13H,8-12H2,1-3H3,(H,20,25)/t19-/m0/s1. The lowest BCUT2D eigenvalue weighted by atomic mass is 9.92. The summed E-state index contributed by atoms with van der Waals surface area (Å²) in [5.74, 6) is -0.0844. The molecule has 3 rings (SSSR count). The van der Waals surface area contributed by atoms with Crippen molar-refractivity contribution in [2.24, 2.45) is 5.92 Å². The molecule has 1 N–H and O–H groups in total. The summed E-state index contributed by atoms with van der Waals surface area (Å²) < 4.78 is 0. The van der Waals surface area contributed by atoms with Gasteiger partial charge in [-0.1, -0.05) is 32.0 Å². The molecule has 0 saturated carbocycles. The Morgan fingerprint density at radius 2 is 2.00 bits per heavy atom. The predicted molar refractivity (Wildman–Crippen MR) is 95.2 cm³/mol. The molecular formula is C19H25N3O3. The number of imide groups is 1. The second-order valence-corrected chi connectivity index (χ2v) is 7.51. The quantitative estimate of drug-likeness (QED) is 0.834. The highest BCUT2D eigenvalue weighted by Gasteiger charge is 2.48. The van der Waals surface area contributed by atoms with Crippen LogP contribution in [0.15, 0.2) is 24.3 Å². The Bertz CT molecular complexity index is 716. The van der Waals surface area contributed by atoms with Gasteiger partial charge in [-0.25, -0.2) is 4.79 Å². The van der Waals surface area contributed by atoms with Crippen LogP contribution in [0.2, 0.25) is 0 Å². The lowest BCUT2D eigenvalue weighted by Gasteiger charge is -2.23. The second-order valence-electron chi connectivity index (χ2n) is 7.51. The first-order valence-corrected chi connectivity index (χ1v) is 8.84. The van der Waals surface area contributed by atoms with Crippen molar-refractivity contribution >= 4 is 23.5 Å². The minimum atomic E-state index is -0.912. The van der Waals surface area contributed by atoms with Gasteiger partial charge in [0, 0.05) is 12.2 Å². The SMILES string of the molecule is CC(C)CC[C@]1(C)NC(=O)N(CC(=O)N2CCc3ccccc32)C1=O.